The van der Waals surface area contributed by atoms with E-state index >= 15 is 0 Å². The van der Waals surface area contributed by atoms with Gasteiger partial charge in [-0.1, -0.05) is 60.2 Å². The quantitative estimate of drug-likeness (QED) is 0.667. The Hall–Kier alpha value is -3.03. The lowest BCUT2D eigenvalue weighted by Crippen LogP contribution is -2.29. The fourth-order valence-corrected chi connectivity index (χ4v) is 3.37. The van der Waals surface area contributed by atoms with Crippen LogP contribution in [0.3, 0.4) is 0 Å². The van der Waals surface area contributed by atoms with Gasteiger partial charge in [-0.05, 0) is 18.6 Å². The fourth-order valence-electron chi connectivity index (χ4n) is 2.56. The Labute approximate surface area is 164 Å². The highest BCUT2D eigenvalue weighted by Gasteiger charge is 2.06. The van der Waals surface area contributed by atoms with Gasteiger partial charge in [-0.2, -0.15) is 0 Å². The topological polar surface area (TPSA) is 81.1 Å². The Bertz CT molecular complexity index is 1120. The molecule has 0 aliphatic carbocycles. The third kappa shape index (κ3) is 5.48. The third-order valence-electron chi connectivity index (χ3n) is 4.12. The minimum Gasteiger partial charge on any atom is -0.298 e. The van der Waals surface area contributed by atoms with Crippen molar-refractivity contribution in [3.05, 3.63) is 93.9 Å². The summed E-state index contributed by atoms with van der Waals surface area (Å²) in [6.07, 6.45) is 2.96. The van der Waals surface area contributed by atoms with Crippen LogP contribution in [0.15, 0.2) is 77.2 Å². The van der Waals surface area contributed by atoms with Gasteiger partial charge in [-0.3, -0.25) is 9.36 Å². The minimum absolute atomic E-state index is 0.0901. The molecule has 0 aliphatic rings. The van der Waals surface area contributed by atoms with Crippen LogP contribution in [0, 0.1) is 6.92 Å². The van der Waals surface area contributed by atoms with Crippen molar-refractivity contribution in [2.45, 2.75) is 13.5 Å². The summed E-state index contributed by atoms with van der Waals surface area (Å²) in [4.78, 5) is 16.5. The van der Waals surface area contributed by atoms with Crippen molar-refractivity contribution < 1.29 is 8.42 Å². The average Bonchev–Trinajstić information content (AvgIpc) is 2.69. The van der Waals surface area contributed by atoms with Gasteiger partial charge in [0.2, 0.25) is 10.0 Å². The predicted octanol–water partition coefficient (Wildman–Crippen LogP) is 2.81. The smallest absolute Gasteiger partial charge is 0.253 e. The molecule has 0 saturated carbocycles. The number of hydrogen-bond donors (Lipinski definition) is 1. The highest BCUT2D eigenvalue weighted by atomic mass is 32.2. The van der Waals surface area contributed by atoms with Crippen LogP contribution in [0.1, 0.15) is 11.1 Å². The zero-order chi connectivity index (χ0) is 20.0. The average molecular weight is 395 g/mol. The number of nitrogens with one attached hydrogen (secondary N) is 1. The van der Waals surface area contributed by atoms with E-state index in [1.54, 1.807) is 0 Å². The summed E-state index contributed by atoms with van der Waals surface area (Å²) in [5.74, 6) is 0. The maximum absolute atomic E-state index is 12.2. The third-order valence-corrected chi connectivity index (χ3v) is 5.22. The first-order valence-electron chi connectivity index (χ1n) is 8.79. The molecule has 7 heteroatoms. The van der Waals surface area contributed by atoms with Crippen molar-refractivity contribution in [2.24, 2.45) is 0 Å². The molecule has 0 aliphatic heterocycles. The van der Waals surface area contributed by atoms with E-state index in [9.17, 15) is 13.2 Å². The zero-order valence-corrected chi connectivity index (χ0v) is 16.3. The maximum Gasteiger partial charge on any atom is 0.253 e. The Kier molecular flexibility index (Phi) is 6.18. The molecule has 1 aromatic heterocycles. The molecule has 6 nitrogen and oxygen atoms in total. The molecule has 0 atom stereocenters. The molecule has 0 amide bonds. The molecule has 3 rings (SSSR count). The largest absolute Gasteiger partial charge is 0.298 e. The molecule has 0 bridgehead atoms. The molecule has 0 spiro atoms. The maximum atomic E-state index is 12.2. The molecule has 2 aromatic carbocycles. The lowest BCUT2D eigenvalue weighted by Gasteiger charge is -2.07. The van der Waals surface area contributed by atoms with Gasteiger partial charge in [0.15, 0.2) is 0 Å². The van der Waals surface area contributed by atoms with Crippen LogP contribution in [0.4, 0.5) is 0 Å². The highest BCUT2D eigenvalue weighted by Crippen LogP contribution is 2.13. The summed E-state index contributed by atoms with van der Waals surface area (Å²) >= 11 is 0. The van der Waals surface area contributed by atoms with E-state index in [4.69, 9.17) is 0 Å². The van der Waals surface area contributed by atoms with Crippen molar-refractivity contribution in [3.63, 3.8) is 0 Å². The molecule has 144 valence electrons. The predicted molar refractivity (Wildman–Crippen MR) is 111 cm³/mol. The standard InChI is InChI=1S/C21H21N3O3S/c1-17-7-9-18(10-8-17)11-14-28(26,27)23-12-13-24-16-22-20(15-21(24)25)19-5-3-2-4-6-19/h2-11,14-16,23H,12-13H2,1H3. The number of nitrogens with zero attached hydrogens (tertiary/aromatic N) is 2. The second-order valence-electron chi connectivity index (χ2n) is 6.32. The Morgan fingerprint density at radius 2 is 1.79 bits per heavy atom. The number of hydrogen-bond acceptors (Lipinski definition) is 4. The number of aryl methyl sites for hydroxylation is 1. The normalized spacial score (nSPS) is 11.8. The summed E-state index contributed by atoms with van der Waals surface area (Å²) in [7, 11) is -3.59. The van der Waals surface area contributed by atoms with Gasteiger partial charge in [0.1, 0.15) is 0 Å². The first kappa shape index (κ1) is 19.7. The van der Waals surface area contributed by atoms with Crippen LogP contribution >= 0.6 is 0 Å². The van der Waals surface area contributed by atoms with E-state index in [0.717, 1.165) is 22.1 Å². The number of aromatic nitrogens is 2. The summed E-state index contributed by atoms with van der Waals surface area (Å²) < 4.78 is 28.0. The van der Waals surface area contributed by atoms with Gasteiger partial charge in [-0.25, -0.2) is 18.1 Å². The van der Waals surface area contributed by atoms with Crippen molar-refractivity contribution >= 4 is 16.1 Å². The zero-order valence-electron chi connectivity index (χ0n) is 15.4. The van der Waals surface area contributed by atoms with Crippen molar-refractivity contribution in [1.82, 2.24) is 14.3 Å². The minimum atomic E-state index is -3.59. The first-order valence-corrected chi connectivity index (χ1v) is 10.3. The second-order valence-corrected chi connectivity index (χ2v) is 7.98. The van der Waals surface area contributed by atoms with E-state index in [2.05, 4.69) is 9.71 Å². The first-order chi connectivity index (χ1) is 13.4. The van der Waals surface area contributed by atoms with Crippen LogP contribution in [0.2, 0.25) is 0 Å². The van der Waals surface area contributed by atoms with Crippen molar-refractivity contribution in [1.29, 1.82) is 0 Å². The Morgan fingerprint density at radius 3 is 2.46 bits per heavy atom. The van der Waals surface area contributed by atoms with E-state index < -0.39 is 10.0 Å². The number of sulfonamides is 1. The fraction of sp³-hybridized carbons (Fsp3) is 0.143. The summed E-state index contributed by atoms with van der Waals surface area (Å²) in [6.45, 7) is 2.25. The lowest BCUT2D eigenvalue weighted by atomic mass is 10.1. The van der Waals surface area contributed by atoms with Gasteiger partial charge < -0.3 is 0 Å². The van der Waals surface area contributed by atoms with Gasteiger partial charge in [0, 0.05) is 30.1 Å². The van der Waals surface area contributed by atoms with Crippen molar-refractivity contribution in [3.8, 4) is 11.3 Å². The number of rotatable bonds is 7. The second kappa shape index (κ2) is 8.77. The Balaban J connectivity index is 1.59. The molecule has 0 fully saturated rings. The van der Waals surface area contributed by atoms with E-state index in [1.807, 2.05) is 61.5 Å². The molecule has 0 radical (unpaired) electrons. The summed E-state index contributed by atoms with van der Waals surface area (Å²) in [5, 5.41) is 1.12. The molecule has 3 aromatic rings. The summed E-state index contributed by atoms with van der Waals surface area (Å²) in [5.41, 5.74) is 3.11. The van der Waals surface area contributed by atoms with Gasteiger partial charge >= 0.3 is 0 Å². The molecular weight excluding hydrogens is 374 g/mol. The van der Waals surface area contributed by atoms with Gasteiger partial charge in [-0.15, -0.1) is 0 Å². The van der Waals surface area contributed by atoms with Gasteiger partial charge in [0.05, 0.1) is 12.0 Å². The van der Waals surface area contributed by atoms with Crippen LogP contribution in [0.5, 0.6) is 0 Å². The summed E-state index contributed by atoms with van der Waals surface area (Å²) in [6, 6.07) is 18.4. The Morgan fingerprint density at radius 1 is 1.07 bits per heavy atom. The highest BCUT2D eigenvalue weighted by molar-refractivity contribution is 7.92. The monoisotopic (exact) mass is 395 g/mol. The molecule has 0 unspecified atom stereocenters. The van der Waals surface area contributed by atoms with Crippen LogP contribution in [-0.2, 0) is 16.6 Å². The van der Waals surface area contributed by atoms with E-state index in [-0.39, 0.29) is 18.6 Å². The van der Waals surface area contributed by atoms with E-state index in [0.29, 0.717) is 5.69 Å². The molecule has 0 saturated heterocycles. The molecule has 1 heterocycles. The van der Waals surface area contributed by atoms with Crippen LogP contribution in [0.25, 0.3) is 17.3 Å². The molecular formula is C21H21N3O3S. The molecule has 1 N–H and O–H groups in total. The number of benzene rings is 2. The van der Waals surface area contributed by atoms with E-state index in [1.165, 1.54) is 23.0 Å². The van der Waals surface area contributed by atoms with Gasteiger partial charge in [0.25, 0.3) is 5.56 Å². The SMILES string of the molecule is Cc1ccc(C=CS(=O)(=O)NCCn2cnc(-c3ccccc3)cc2=O)cc1. The lowest BCUT2D eigenvalue weighted by molar-refractivity contribution is 0.577. The van der Waals surface area contributed by atoms with Crippen LogP contribution < -0.4 is 10.3 Å². The van der Waals surface area contributed by atoms with Crippen LogP contribution in [-0.4, -0.2) is 24.5 Å². The van der Waals surface area contributed by atoms with Crippen molar-refractivity contribution in [2.75, 3.05) is 6.54 Å². The molecule has 28 heavy (non-hydrogen) atoms.